The molecule has 1 atom stereocenters. The molecule has 1 unspecified atom stereocenters. The average molecular weight is 421 g/mol. The summed E-state index contributed by atoms with van der Waals surface area (Å²) in [5.74, 6) is 2.84. The molecule has 1 amide bonds. The van der Waals surface area contributed by atoms with E-state index in [1.807, 2.05) is 12.1 Å². The molecule has 0 saturated heterocycles. The SMILES string of the molecule is COc1cccc(OC)c1C(=O)NC1CCc2nnc(CCc3ccccc3)n2CC1. The summed E-state index contributed by atoms with van der Waals surface area (Å²) in [4.78, 5) is 13.0. The van der Waals surface area contributed by atoms with Crippen LogP contribution in [-0.4, -0.2) is 40.9 Å². The molecule has 4 rings (SSSR count). The minimum atomic E-state index is -0.179. The Hall–Kier alpha value is -3.35. The summed E-state index contributed by atoms with van der Waals surface area (Å²) in [6, 6.07) is 15.8. The topological polar surface area (TPSA) is 78.3 Å². The summed E-state index contributed by atoms with van der Waals surface area (Å²) >= 11 is 0. The van der Waals surface area contributed by atoms with Gasteiger partial charge in [0, 0.05) is 25.4 Å². The van der Waals surface area contributed by atoms with E-state index < -0.39 is 0 Å². The molecule has 1 aromatic heterocycles. The van der Waals surface area contributed by atoms with Crippen molar-refractivity contribution in [2.24, 2.45) is 0 Å². The highest BCUT2D eigenvalue weighted by Crippen LogP contribution is 2.28. The van der Waals surface area contributed by atoms with Gasteiger partial charge in [-0.05, 0) is 37.0 Å². The zero-order valence-electron chi connectivity index (χ0n) is 18.0. The molecule has 31 heavy (non-hydrogen) atoms. The minimum Gasteiger partial charge on any atom is -0.496 e. The van der Waals surface area contributed by atoms with Crippen molar-refractivity contribution in [2.45, 2.75) is 44.7 Å². The van der Waals surface area contributed by atoms with E-state index in [4.69, 9.17) is 9.47 Å². The van der Waals surface area contributed by atoms with Gasteiger partial charge in [-0.3, -0.25) is 4.79 Å². The van der Waals surface area contributed by atoms with Crippen LogP contribution in [0.25, 0.3) is 0 Å². The Labute approximate surface area is 182 Å². The monoisotopic (exact) mass is 420 g/mol. The number of aryl methyl sites for hydroxylation is 3. The number of fused-ring (bicyclic) bond motifs is 1. The Bertz CT molecular complexity index is 1010. The van der Waals surface area contributed by atoms with E-state index in [-0.39, 0.29) is 11.9 Å². The van der Waals surface area contributed by atoms with Crippen LogP contribution in [0.1, 0.15) is 40.4 Å². The summed E-state index contributed by atoms with van der Waals surface area (Å²) in [5, 5.41) is 12.0. The lowest BCUT2D eigenvalue weighted by Crippen LogP contribution is -2.35. The zero-order valence-corrected chi connectivity index (χ0v) is 18.0. The highest BCUT2D eigenvalue weighted by atomic mass is 16.5. The molecule has 7 heteroatoms. The van der Waals surface area contributed by atoms with Crippen molar-refractivity contribution in [1.82, 2.24) is 20.1 Å². The molecule has 0 radical (unpaired) electrons. The number of hydrogen-bond donors (Lipinski definition) is 1. The van der Waals surface area contributed by atoms with Crippen molar-refractivity contribution in [3.05, 3.63) is 71.3 Å². The van der Waals surface area contributed by atoms with E-state index in [2.05, 4.69) is 44.3 Å². The van der Waals surface area contributed by atoms with Gasteiger partial charge in [-0.25, -0.2) is 0 Å². The Morgan fingerprint density at radius 2 is 1.74 bits per heavy atom. The largest absolute Gasteiger partial charge is 0.496 e. The first-order chi connectivity index (χ1) is 15.2. The lowest BCUT2D eigenvalue weighted by molar-refractivity contribution is 0.0926. The number of aromatic nitrogens is 3. The van der Waals surface area contributed by atoms with Crippen molar-refractivity contribution in [2.75, 3.05) is 14.2 Å². The van der Waals surface area contributed by atoms with Gasteiger partial charge in [0.1, 0.15) is 28.7 Å². The maximum atomic E-state index is 13.0. The standard InChI is InChI=1S/C24H28N4O3/c1-30-19-9-6-10-20(31-2)23(19)24(29)25-18-12-14-22-27-26-21(28(22)16-15-18)13-11-17-7-4-3-5-8-17/h3-10,18H,11-16H2,1-2H3,(H,25,29). The predicted octanol–water partition coefficient (Wildman–Crippen LogP) is 3.22. The second kappa shape index (κ2) is 9.64. The second-order valence-electron chi connectivity index (χ2n) is 7.70. The van der Waals surface area contributed by atoms with Gasteiger partial charge in [-0.2, -0.15) is 0 Å². The molecule has 1 aliphatic heterocycles. The Morgan fingerprint density at radius 1 is 1.00 bits per heavy atom. The normalized spacial score (nSPS) is 15.6. The molecular formula is C24H28N4O3. The minimum absolute atomic E-state index is 0.0470. The van der Waals surface area contributed by atoms with E-state index >= 15 is 0 Å². The first kappa shape index (κ1) is 20.9. The maximum Gasteiger partial charge on any atom is 0.259 e. The second-order valence-corrected chi connectivity index (χ2v) is 7.70. The first-order valence-electron chi connectivity index (χ1n) is 10.7. The number of nitrogens with zero attached hydrogens (tertiary/aromatic N) is 3. The zero-order chi connectivity index (χ0) is 21.6. The molecule has 3 aromatic rings. The number of carbonyl (C=O) groups excluding carboxylic acids is 1. The fraction of sp³-hybridized carbons (Fsp3) is 0.375. The van der Waals surface area contributed by atoms with Crippen molar-refractivity contribution in [3.8, 4) is 11.5 Å². The summed E-state index contributed by atoms with van der Waals surface area (Å²) in [5.41, 5.74) is 1.73. The van der Waals surface area contributed by atoms with Gasteiger partial charge in [-0.15, -0.1) is 10.2 Å². The molecule has 2 aromatic carbocycles. The van der Waals surface area contributed by atoms with Gasteiger partial charge < -0.3 is 19.4 Å². The lowest BCUT2D eigenvalue weighted by Gasteiger charge is -2.18. The van der Waals surface area contributed by atoms with Crippen LogP contribution in [0.15, 0.2) is 48.5 Å². The molecule has 1 N–H and O–H groups in total. The van der Waals surface area contributed by atoms with E-state index in [9.17, 15) is 4.79 Å². The molecule has 0 fully saturated rings. The van der Waals surface area contributed by atoms with Crippen LogP contribution in [0.5, 0.6) is 11.5 Å². The van der Waals surface area contributed by atoms with Crippen LogP contribution >= 0.6 is 0 Å². The van der Waals surface area contributed by atoms with E-state index in [1.54, 1.807) is 26.4 Å². The smallest absolute Gasteiger partial charge is 0.259 e. The molecule has 0 spiro atoms. The molecule has 0 saturated carbocycles. The van der Waals surface area contributed by atoms with Gasteiger partial charge in [0.15, 0.2) is 0 Å². The number of nitrogens with one attached hydrogen (secondary N) is 1. The van der Waals surface area contributed by atoms with Gasteiger partial charge >= 0.3 is 0 Å². The quantitative estimate of drug-likeness (QED) is 0.635. The number of benzene rings is 2. The van der Waals surface area contributed by atoms with E-state index in [0.29, 0.717) is 17.1 Å². The summed E-state index contributed by atoms with van der Waals surface area (Å²) in [6.45, 7) is 0.792. The molecule has 7 nitrogen and oxygen atoms in total. The van der Waals surface area contributed by atoms with Crippen LogP contribution in [0.2, 0.25) is 0 Å². The Kier molecular flexibility index (Phi) is 6.50. The summed E-state index contributed by atoms with van der Waals surface area (Å²) in [6.07, 6.45) is 4.22. The number of methoxy groups -OCH3 is 2. The predicted molar refractivity (Wildman–Crippen MR) is 118 cm³/mol. The molecule has 1 aliphatic rings. The van der Waals surface area contributed by atoms with Crippen LogP contribution in [-0.2, 0) is 25.8 Å². The number of carbonyl (C=O) groups is 1. The number of amides is 1. The molecule has 2 heterocycles. The fourth-order valence-electron chi connectivity index (χ4n) is 4.11. The molecular weight excluding hydrogens is 392 g/mol. The van der Waals surface area contributed by atoms with E-state index in [1.165, 1.54) is 5.56 Å². The van der Waals surface area contributed by atoms with Crippen LogP contribution in [0.4, 0.5) is 0 Å². The van der Waals surface area contributed by atoms with E-state index in [0.717, 1.165) is 50.3 Å². The maximum absolute atomic E-state index is 13.0. The third-order valence-electron chi connectivity index (χ3n) is 5.79. The van der Waals surface area contributed by atoms with Crippen molar-refractivity contribution < 1.29 is 14.3 Å². The lowest BCUT2D eigenvalue weighted by atomic mass is 10.1. The average Bonchev–Trinajstić information content (AvgIpc) is 3.09. The highest BCUT2D eigenvalue weighted by Gasteiger charge is 2.24. The van der Waals surface area contributed by atoms with Gasteiger partial charge in [0.2, 0.25) is 0 Å². The third kappa shape index (κ3) is 4.71. The summed E-state index contributed by atoms with van der Waals surface area (Å²) < 4.78 is 13.0. The third-order valence-corrected chi connectivity index (χ3v) is 5.79. The van der Waals surface area contributed by atoms with Crippen molar-refractivity contribution in [3.63, 3.8) is 0 Å². The molecule has 0 bridgehead atoms. The Balaban J connectivity index is 1.41. The number of ether oxygens (including phenoxy) is 2. The summed E-state index contributed by atoms with van der Waals surface area (Å²) in [7, 11) is 3.11. The number of rotatable bonds is 7. The Morgan fingerprint density at radius 3 is 2.45 bits per heavy atom. The van der Waals surface area contributed by atoms with Crippen molar-refractivity contribution in [1.29, 1.82) is 0 Å². The molecule has 162 valence electrons. The van der Waals surface area contributed by atoms with Gasteiger partial charge in [-0.1, -0.05) is 36.4 Å². The molecule has 0 aliphatic carbocycles. The van der Waals surface area contributed by atoms with Gasteiger partial charge in [0.05, 0.1) is 14.2 Å². The van der Waals surface area contributed by atoms with Crippen LogP contribution in [0.3, 0.4) is 0 Å². The first-order valence-corrected chi connectivity index (χ1v) is 10.7. The van der Waals surface area contributed by atoms with Gasteiger partial charge in [0.25, 0.3) is 5.91 Å². The van der Waals surface area contributed by atoms with Crippen LogP contribution in [0, 0.1) is 0 Å². The van der Waals surface area contributed by atoms with Crippen molar-refractivity contribution >= 4 is 5.91 Å². The fourth-order valence-corrected chi connectivity index (χ4v) is 4.11. The highest BCUT2D eigenvalue weighted by molar-refractivity contribution is 5.99. The number of hydrogen-bond acceptors (Lipinski definition) is 5. The van der Waals surface area contributed by atoms with Crippen LogP contribution < -0.4 is 14.8 Å².